The smallest absolute Gasteiger partial charge is 0.357 e. The van der Waals surface area contributed by atoms with E-state index < -0.39 is 18.8 Å². The Morgan fingerprint density at radius 1 is 1.29 bits per heavy atom. The number of halogens is 3. The summed E-state index contributed by atoms with van der Waals surface area (Å²) in [6.45, 7) is -0.593. The van der Waals surface area contributed by atoms with Crippen LogP contribution >= 0.6 is 0 Å². The average Bonchev–Trinajstić information content (AvgIpc) is 3.09. The summed E-state index contributed by atoms with van der Waals surface area (Å²) >= 11 is 0. The van der Waals surface area contributed by atoms with E-state index in [2.05, 4.69) is 15.5 Å². The number of carbonyl (C=O) groups is 1. The number of hydrogen-bond donors (Lipinski definition) is 1. The van der Waals surface area contributed by atoms with Crippen LogP contribution in [-0.2, 0) is 18.4 Å². The van der Waals surface area contributed by atoms with Crippen molar-refractivity contribution in [2.45, 2.75) is 31.6 Å². The fourth-order valence-corrected chi connectivity index (χ4v) is 2.67. The molecule has 10 heteroatoms. The highest BCUT2D eigenvalue weighted by molar-refractivity contribution is 5.98. The van der Waals surface area contributed by atoms with Crippen molar-refractivity contribution in [3.63, 3.8) is 0 Å². The van der Waals surface area contributed by atoms with E-state index in [4.69, 9.17) is 0 Å². The van der Waals surface area contributed by atoms with Crippen molar-refractivity contribution in [3.8, 4) is 0 Å². The Morgan fingerprint density at radius 3 is 2.75 bits per heavy atom. The van der Waals surface area contributed by atoms with Crippen LogP contribution < -0.4 is 10.2 Å². The molecular weight excluding hydrogens is 325 g/mol. The molecule has 0 spiro atoms. The van der Waals surface area contributed by atoms with Crippen LogP contribution in [-0.4, -0.2) is 44.2 Å². The number of alkyl halides is 3. The lowest BCUT2D eigenvalue weighted by Gasteiger charge is -2.31. The molecule has 7 nitrogen and oxygen atoms in total. The van der Waals surface area contributed by atoms with Crippen LogP contribution in [0.4, 0.5) is 24.8 Å². The monoisotopic (exact) mass is 342 g/mol. The molecule has 2 aromatic rings. The minimum absolute atomic E-state index is 0.162. The van der Waals surface area contributed by atoms with Crippen LogP contribution in [0.15, 0.2) is 24.5 Å². The zero-order valence-electron chi connectivity index (χ0n) is 13.0. The van der Waals surface area contributed by atoms with Gasteiger partial charge in [0.15, 0.2) is 5.82 Å². The number of aryl methyl sites for hydroxylation is 1. The molecule has 0 unspecified atom stereocenters. The van der Waals surface area contributed by atoms with E-state index in [1.807, 2.05) is 0 Å². The number of nitrogens with zero attached hydrogens (tertiary/aromatic N) is 5. The number of carbonyl (C=O) groups excluding carboxylic acids is 1. The molecule has 1 aliphatic heterocycles. The van der Waals surface area contributed by atoms with Gasteiger partial charge in [0.1, 0.15) is 18.4 Å². The summed E-state index contributed by atoms with van der Waals surface area (Å²) in [5.74, 6) is 0.655. The standard InChI is InChI=1S/C14H17F3N6O/c1-21-7-5-12(20-21)23-6-2-3-10(13(23)24)18-11-4-8-22(19-11)9-14(15,16)17/h4-5,7-8,10H,2-3,6,9H2,1H3,(H,18,19)/t10-/m0/s1. The summed E-state index contributed by atoms with van der Waals surface area (Å²) in [7, 11) is 1.76. The predicted octanol–water partition coefficient (Wildman–Crippen LogP) is 1.79. The first kappa shape index (κ1) is 16.3. The van der Waals surface area contributed by atoms with E-state index in [0.29, 0.717) is 18.8 Å². The van der Waals surface area contributed by atoms with E-state index in [0.717, 1.165) is 11.1 Å². The van der Waals surface area contributed by atoms with Gasteiger partial charge in [-0.3, -0.25) is 19.1 Å². The lowest BCUT2D eigenvalue weighted by atomic mass is 10.0. The molecule has 0 aliphatic carbocycles. The van der Waals surface area contributed by atoms with Gasteiger partial charge in [-0.2, -0.15) is 23.4 Å². The van der Waals surface area contributed by atoms with Crippen molar-refractivity contribution in [3.05, 3.63) is 24.5 Å². The zero-order chi connectivity index (χ0) is 17.3. The Bertz CT molecular complexity index is 722. The van der Waals surface area contributed by atoms with Crippen molar-refractivity contribution >= 4 is 17.5 Å². The van der Waals surface area contributed by atoms with Gasteiger partial charge in [-0.05, 0) is 12.8 Å². The molecule has 1 N–H and O–H groups in total. The third-order valence-corrected chi connectivity index (χ3v) is 3.72. The van der Waals surface area contributed by atoms with E-state index in [1.54, 1.807) is 28.9 Å². The highest BCUT2D eigenvalue weighted by Gasteiger charge is 2.32. The van der Waals surface area contributed by atoms with Crippen LogP contribution in [0.2, 0.25) is 0 Å². The zero-order valence-corrected chi connectivity index (χ0v) is 13.0. The molecule has 1 amide bonds. The summed E-state index contributed by atoms with van der Waals surface area (Å²) < 4.78 is 39.5. The first-order chi connectivity index (χ1) is 11.3. The quantitative estimate of drug-likeness (QED) is 0.920. The Hall–Kier alpha value is -2.52. The van der Waals surface area contributed by atoms with Crippen molar-refractivity contribution in [1.82, 2.24) is 19.6 Å². The van der Waals surface area contributed by atoms with E-state index in [1.165, 1.54) is 12.3 Å². The molecule has 0 radical (unpaired) electrons. The maximum absolute atomic E-state index is 12.6. The van der Waals surface area contributed by atoms with Gasteiger partial charge in [0, 0.05) is 38.1 Å². The fraction of sp³-hybridized carbons (Fsp3) is 0.500. The molecule has 3 heterocycles. The van der Waals surface area contributed by atoms with E-state index >= 15 is 0 Å². The second-order valence-electron chi connectivity index (χ2n) is 5.69. The van der Waals surface area contributed by atoms with Gasteiger partial charge in [0.05, 0.1) is 0 Å². The van der Waals surface area contributed by atoms with Crippen molar-refractivity contribution in [2.75, 3.05) is 16.8 Å². The summed E-state index contributed by atoms with van der Waals surface area (Å²) in [5, 5.41) is 11.0. The average molecular weight is 342 g/mol. The maximum atomic E-state index is 12.6. The van der Waals surface area contributed by atoms with Gasteiger partial charge in [-0.25, -0.2) is 0 Å². The molecule has 24 heavy (non-hydrogen) atoms. The number of amides is 1. The van der Waals surface area contributed by atoms with Gasteiger partial charge in [-0.1, -0.05) is 0 Å². The molecule has 0 saturated carbocycles. The largest absolute Gasteiger partial charge is 0.408 e. The van der Waals surface area contributed by atoms with Crippen LogP contribution in [0.5, 0.6) is 0 Å². The number of nitrogens with one attached hydrogen (secondary N) is 1. The molecule has 3 rings (SSSR count). The maximum Gasteiger partial charge on any atom is 0.408 e. The highest BCUT2D eigenvalue weighted by Crippen LogP contribution is 2.22. The topological polar surface area (TPSA) is 68.0 Å². The minimum Gasteiger partial charge on any atom is -0.357 e. The summed E-state index contributed by atoms with van der Waals surface area (Å²) in [5.41, 5.74) is 0. The van der Waals surface area contributed by atoms with Crippen molar-refractivity contribution in [2.24, 2.45) is 7.05 Å². The molecule has 1 aliphatic rings. The molecular formula is C14H17F3N6O. The molecule has 1 saturated heterocycles. The lowest BCUT2D eigenvalue weighted by molar-refractivity contribution is -0.142. The third kappa shape index (κ3) is 3.69. The van der Waals surface area contributed by atoms with Crippen molar-refractivity contribution in [1.29, 1.82) is 0 Å². The normalized spacial score (nSPS) is 18.9. The Morgan fingerprint density at radius 2 is 2.08 bits per heavy atom. The summed E-state index contributed by atoms with van der Waals surface area (Å²) in [6.07, 6.45) is 0.00930. The van der Waals surface area contributed by atoms with E-state index in [-0.39, 0.29) is 11.7 Å². The number of hydrogen-bond acceptors (Lipinski definition) is 4. The Kier molecular flexibility index (Phi) is 4.20. The first-order valence-electron chi connectivity index (χ1n) is 7.49. The first-order valence-corrected chi connectivity index (χ1v) is 7.49. The molecule has 0 bridgehead atoms. The second-order valence-corrected chi connectivity index (χ2v) is 5.69. The molecule has 2 aromatic heterocycles. The van der Waals surface area contributed by atoms with Gasteiger partial charge < -0.3 is 5.32 Å². The van der Waals surface area contributed by atoms with Crippen LogP contribution in [0.3, 0.4) is 0 Å². The molecule has 130 valence electrons. The van der Waals surface area contributed by atoms with Crippen molar-refractivity contribution < 1.29 is 18.0 Å². The third-order valence-electron chi connectivity index (χ3n) is 3.72. The fourth-order valence-electron chi connectivity index (χ4n) is 2.67. The highest BCUT2D eigenvalue weighted by atomic mass is 19.4. The van der Waals surface area contributed by atoms with Gasteiger partial charge in [0.25, 0.3) is 5.91 Å². The Balaban J connectivity index is 1.67. The van der Waals surface area contributed by atoms with Gasteiger partial charge >= 0.3 is 6.18 Å². The molecule has 1 fully saturated rings. The lowest BCUT2D eigenvalue weighted by Crippen LogP contribution is -2.48. The number of aromatic nitrogens is 4. The summed E-state index contributed by atoms with van der Waals surface area (Å²) in [6, 6.07) is 2.65. The predicted molar refractivity (Wildman–Crippen MR) is 80.5 cm³/mol. The summed E-state index contributed by atoms with van der Waals surface area (Å²) in [4.78, 5) is 14.2. The molecule has 1 atom stereocenters. The minimum atomic E-state index is -4.33. The molecule has 0 aromatic carbocycles. The van der Waals surface area contributed by atoms with Crippen LogP contribution in [0, 0.1) is 0 Å². The number of rotatable bonds is 4. The van der Waals surface area contributed by atoms with Gasteiger partial charge in [0.2, 0.25) is 0 Å². The second kappa shape index (κ2) is 6.17. The van der Waals surface area contributed by atoms with Crippen LogP contribution in [0.25, 0.3) is 0 Å². The number of anilines is 2. The Labute approximate surface area is 136 Å². The number of piperidine rings is 1. The SMILES string of the molecule is Cn1ccc(N2CCC[C@H](Nc3ccn(CC(F)(F)F)n3)C2=O)n1. The van der Waals surface area contributed by atoms with Crippen LogP contribution in [0.1, 0.15) is 12.8 Å². The van der Waals surface area contributed by atoms with E-state index in [9.17, 15) is 18.0 Å². The van der Waals surface area contributed by atoms with Gasteiger partial charge in [-0.15, -0.1) is 0 Å².